The molecule has 0 fully saturated rings. The highest BCUT2D eigenvalue weighted by molar-refractivity contribution is 5.92. The zero-order valence-corrected chi connectivity index (χ0v) is 19.2. The van der Waals surface area contributed by atoms with Gasteiger partial charge in [-0.25, -0.2) is 4.79 Å². The number of aromatic nitrogens is 1. The molecule has 4 rings (SSSR count). The van der Waals surface area contributed by atoms with Gasteiger partial charge in [0.1, 0.15) is 17.9 Å². The van der Waals surface area contributed by atoms with Crippen molar-refractivity contribution in [3.05, 3.63) is 112 Å². The van der Waals surface area contributed by atoms with Crippen LogP contribution in [0.5, 0.6) is 5.75 Å². The van der Waals surface area contributed by atoms with Crippen LogP contribution in [0.15, 0.2) is 89.9 Å². The normalized spacial score (nSPS) is 11.1. The summed E-state index contributed by atoms with van der Waals surface area (Å²) >= 11 is 0. The van der Waals surface area contributed by atoms with E-state index >= 15 is 0 Å². The van der Waals surface area contributed by atoms with E-state index in [0.717, 1.165) is 13.1 Å². The second-order valence-electron chi connectivity index (χ2n) is 8.17. The fourth-order valence-corrected chi connectivity index (χ4v) is 4.07. The quantitative estimate of drug-likeness (QED) is 0.371. The molecule has 0 bridgehead atoms. The van der Waals surface area contributed by atoms with Crippen LogP contribution in [-0.4, -0.2) is 33.7 Å². The molecule has 1 N–H and O–H groups in total. The van der Waals surface area contributed by atoms with Crippen LogP contribution in [0, 0.1) is 0 Å². The second-order valence-corrected chi connectivity index (χ2v) is 8.17. The van der Waals surface area contributed by atoms with E-state index in [1.165, 1.54) is 17.3 Å². The van der Waals surface area contributed by atoms with Crippen LogP contribution in [0.1, 0.15) is 28.4 Å². The molecule has 0 radical (unpaired) electrons. The second kappa shape index (κ2) is 10.8. The zero-order valence-electron chi connectivity index (χ0n) is 19.2. The molecule has 1 heterocycles. The van der Waals surface area contributed by atoms with Crippen molar-refractivity contribution >= 4 is 16.9 Å². The summed E-state index contributed by atoms with van der Waals surface area (Å²) in [5, 5.41) is 9.76. The number of pyridine rings is 1. The molecule has 0 saturated carbocycles. The predicted octanol–water partition coefficient (Wildman–Crippen LogP) is 4.80. The van der Waals surface area contributed by atoms with Crippen molar-refractivity contribution in [2.45, 2.75) is 26.6 Å². The van der Waals surface area contributed by atoms with Crippen LogP contribution in [-0.2, 0) is 19.6 Å². The van der Waals surface area contributed by atoms with E-state index in [2.05, 4.69) is 29.2 Å². The SMILES string of the molecule is CCn1cc(C(=O)O)c(=O)c2cc(OCCN(Cc3ccccc3)Cc3ccccc3)ccc21. The first kappa shape index (κ1) is 23.3. The number of carboxylic acid groups (broad SMARTS) is 1. The Labute approximate surface area is 198 Å². The lowest BCUT2D eigenvalue weighted by Crippen LogP contribution is -2.27. The van der Waals surface area contributed by atoms with Crippen LogP contribution in [0.3, 0.4) is 0 Å². The molecule has 0 saturated heterocycles. The Morgan fingerprint density at radius 1 is 0.941 bits per heavy atom. The molecule has 0 amide bonds. The van der Waals surface area contributed by atoms with Crippen molar-refractivity contribution in [1.29, 1.82) is 0 Å². The number of carbonyl (C=O) groups is 1. The van der Waals surface area contributed by atoms with Gasteiger partial charge in [-0.2, -0.15) is 0 Å². The van der Waals surface area contributed by atoms with Gasteiger partial charge in [0.15, 0.2) is 0 Å². The molecule has 0 aliphatic rings. The zero-order chi connectivity index (χ0) is 23.9. The highest BCUT2D eigenvalue weighted by Crippen LogP contribution is 2.20. The van der Waals surface area contributed by atoms with Crippen molar-refractivity contribution in [3.63, 3.8) is 0 Å². The molecule has 0 atom stereocenters. The number of hydrogen-bond donors (Lipinski definition) is 1. The number of ether oxygens (including phenoxy) is 1. The van der Waals surface area contributed by atoms with Gasteiger partial charge >= 0.3 is 5.97 Å². The summed E-state index contributed by atoms with van der Waals surface area (Å²) < 4.78 is 7.78. The van der Waals surface area contributed by atoms with Crippen LogP contribution >= 0.6 is 0 Å². The van der Waals surface area contributed by atoms with Gasteiger partial charge < -0.3 is 14.4 Å². The largest absolute Gasteiger partial charge is 0.492 e. The number of nitrogens with zero attached hydrogens (tertiary/aromatic N) is 2. The summed E-state index contributed by atoms with van der Waals surface area (Å²) in [7, 11) is 0. The van der Waals surface area contributed by atoms with E-state index in [-0.39, 0.29) is 5.56 Å². The Morgan fingerprint density at radius 2 is 1.56 bits per heavy atom. The summed E-state index contributed by atoms with van der Waals surface area (Å²) in [5.41, 5.74) is 2.42. The number of carboxylic acids is 1. The molecule has 174 valence electrons. The lowest BCUT2D eigenvalue weighted by Gasteiger charge is -2.23. The Balaban J connectivity index is 1.51. The Hall–Kier alpha value is -3.90. The molecule has 0 spiro atoms. The molecular formula is C28H28N2O4. The van der Waals surface area contributed by atoms with E-state index in [0.29, 0.717) is 36.3 Å². The van der Waals surface area contributed by atoms with Gasteiger partial charge in [-0.05, 0) is 36.2 Å². The Kier molecular flexibility index (Phi) is 7.40. The van der Waals surface area contributed by atoms with Gasteiger partial charge in [0.2, 0.25) is 5.43 Å². The van der Waals surface area contributed by atoms with Crippen molar-refractivity contribution in [1.82, 2.24) is 9.47 Å². The monoisotopic (exact) mass is 456 g/mol. The lowest BCUT2D eigenvalue weighted by molar-refractivity contribution is 0.0695. The molecule has 4 aromatic rings. The van der Waals surface area contributed by atoms with Gasteiger partial charge in [-0.15, -0.1) is 0 Å². The van der Waals surface area contributed by atoms with Crippen molar-refractivity contribution < 1.29 is 14.6 Å². The van der Waals surface area contributed by atoms with Crippen molar-refractivity contribution in [2.75, 3.05) is 13.2 Å². The number of fused-ring (bicyclic) bond motifs is 1. The van der Waals surface area contributed by atoms with Gasteiger partial charge in [0.05, 0.1) is 10.9 Å². The van der Waals surface area contributed by atoms with Crippen molar-refractivity contribution in [3.8, 4) is 5.75 Å². The summed E-state index contributed by atoms with van der Waals surface area (Å²) in [5.74, 6) is -0.674. The molecular weight excluding hydrogens is 428 g/mol. The minimum absolute atomic E-state index is 0.233. The van der Waals surface area contributed by atoms with Crippen LogP contribution in [0.2, 0.25) is 0 Å². The maximum atomic E-state index is 12.7. The van der Waals surface area contributed by atoms with E-state index in [4.69, 9.17) is 4.74 Å². The van der Waals surface area contributed by atoms with Crippen molar-refractivity contribution in [2.24, 2.45) is 0 Å². The first-order chi connectivity index (χ1) is 16.5. The average Bonchev–Trinajstić information content (AvgIpc) is 2.85. The molecule has 6 heteroatoms. The molecule has 0 aliphatic carbocycles. The topological polar surface area (TPSA) is 71.8 Å². The average molecular weight is 457 g/mol. The first-order valence-corrected chi connectivity index (χ1v) is 11.4. The molecule has 6 nitrogen and oxygen atoms in total. The molecule has 0 unspecified atom stereocenters. The van der Waals surface area contributed by atoms with Crippen LogP contribution in [0.25, 0.3) is 10.9 Å². The fourth-order valence-electron chi connectivity index (χ4n) is 4.07. The third-order valence-corrected chi connectivity index (χ3v) is 5.80. The molecule has 0 aliphatic heterocycles. The Morgan fingerprint density at radius 3 is 2.12 bits per heavy atom. The van der Waals surface area contributed by atoms with E-state index in [9.17, 15) is 14.7 Å². The van der Waals surface area contributed by atoms with Gasteiger partial charge in [-0.1, -0.05) is 60.7 Å². The molecule has 1 aromatic heterocycles. The van der Waals surface area contributed by atoms with E-state index < -0.39 is 11.4 Å². The predicted molar refractivity (Wildman–Crippen MR) is 133 cm³/mol. The standard InChI is InChI=1S/C28H28N2O4/c1-2-30-20-25(28(32)33)27(31)24-17-23(13-14-26(24)30)34-16-15-29(18-21-9-5-3-6-10-21)19-22-11-7-4-8-12-22/h3-14,17,20H,2,15-16,18-19H2,1H3,(H,32,33). The summed E-state index contributed by atoms with van der Waals surface area (Å²) in [6.07, 6.45) is 1.40. The van der Waals surface area contributed by atoms with Gasteiger partial charge in [0, 0.05) is 32.4 Å². The number of rotatable bonds is 10. The van der Waals surface area contributed by atoms with Gasteiger partial charge in [0.25, 0.3) is 0 Å². The third kappa shape index (κ3) is 5.53. The molecule has 34 heavy (non-hydrogen) atoms. The van der Waals surface area contributed by atoms with Crippen LogP contribution < -0.4 is 10.2 Å². The summed E-state index contributed by atoms with van der Waals surface area (Å²) in [6.45, 7) is 5.18. The molecule has 3 aromatic carbocycles. The number of aryl methyl sites for hydroxylation is 1. The summed E-state index contributed by atoms with van der Waals surface area (Å²) in [6, 6.07) is 25.9. The first-order valence-electron chi connectivity index (χ1n) is 11.4. The highest BCUT2D eigenvalue weighted by atomic mass is 16.5. The minimum Gasteiger partial charge on any atom is -0.492 e. The van der Waals surface area contributed by atoms with E-state index in [1.54, 1.807) is 10.6 Å². The number of aromatic carboxylic acids is 1. The minimum atomic E-state index is -1.22. The summed E-state index contributed by atoms with van der Waals surface area (Å²) in [4.78, 5) is 26.6. The number of hydrogen-bond acceptors (Lipinski definition) is 4. The lowest BCUT2D eigenvalue weighted by atomic mass is 10.1. The Bertz CT molecular complexity index is 1280. The van der Waals surface area contributed by atoms with E-state index in [1.807, 2.05) is 55.5 Å². The number of benzene rings is 3. The highest BCUT2D eigenvalue weighted by Gasteiger charge is 2.15. The smallest absolute Gasteiger partial charge is 0.341 e. The third-order valence-electron chi connectivity index (χ3n) is 5.80. The maximum Gasteiger partial charge on any atom is 0.341 e. The maximum absolute atomic E-state index is 12.7. The fraction of sp³-hybridized carbons (Fsp3) is 0.214. The van der Waals surface area contributed by atoms with Crippen LogP contribution in [0.4, 0.5) is 0 Å². The van der Waals surface area contributed by atoms with Gasteiger partial charge in [-0.3, -0.25) is 9.69 Å².